The second kappa shape index (κ2) is 11.9. The van der Waals surface area contributed by atoms with E-state index in [9.17, 15) is 0 Å². The van der Waals surface area contributed by atoms with Gasteiger partial charge in [-0.15, -0.1) is 0 Å². The molecule has 0 radical (unpaired) electrons. The van der Waals surface area contributed by atoms with Crippen LogP contribution in [0.2, 0.25) is 0 Å². The van der Waals surface area contributed by atoms with Crippen LogP contribution in [0.5, 0.6) is 5.75 Å². The van der Waals surface area contributed by atoms with Crippen molar-refractivity contribution in [1.82, 2.24) is 5.32 Å². The number of hydrogen-bond acceptors (Lipinski definition) is 4. The van der Waals surface area contributed by atoms with Crippen LogP contribution < -0.4 is 10.1 Å². The maximum Gasteiger partial charge on any atom is 0.183 e. The summed E-state index contributed by atoms with van der Waals surface area (Å²) in [5, 5.41) is 11.7. The summed E-state index contributed by atoms with van der Waals surface area (Å²) in [5.41, 5.74) is 0.805. The number of thioether (sulfide) groups is 1. The summed E-state index contributed by atoms with van der Waals surface area (Å²) in [5.74, 6) is 0.867. The minimum atomic E-state index is 0.586. The lowest BCUT2D eigenvalue weighted by molar-refractivity contribution is 0.304. The van der Waals surface area contributed by atoms with Crippen LogP contribution >= 0.6 is 11.8 Å². The lowest BCUT2D eigenvalue weighted by Gasteiger charge is -2.06. The molecule has 5 heteroatoms. The highest BCUT2D eigenvalue weighted by Gasteiger charge is 1.98. The molecule has 0 fully saturated rings. The van der Waals surface area contributed by atoms with Gasteiger partial charge in [0.15, 0.2) is 11.4 Å². The minimum Gasteiger partial charge on any atom is -0.494 e. The van der Waals surface area contributed by atoms with Crippen molar-refractivity contribution in [3.63, 3.8) is 0 Å². The molecular weight excluding hydrogens is 294 g/mol. The van der Waals surface area contributed by atoms with Gasteiger partial charge in [-0.05, 0) is 36.9 Å². The Morgan fingerprint density at radius 1 is 1.18 bits per heavy atom. The van der Waals surface area contributed by atoms with Crippen LogP contribution in [0, 0.1) is 11.5 Å². The number of hydrogen-bond donors (Lipinski definition) is 1. The predicted molar refractivity (Wildman–Crippen MR) is 94.7 cm³/mol. The van der Waals surface area contributed by atoms with Crippen LogP contribution in [0.15, 0.2) is 29.3 Å². The van der Waals surface area contributed by atoms with Crippen molar-refractivity contribution in [2.24, 2.45) is 4.99 Å². The molecule has 0 amide bonds. The van der Waals surface area contributed by atoms with Crippen molar-refractivity contribution in [1.29, 1.82) is 5.26 Å². The molecule has 0 spiro atoms. The average molecular weight is 319 g/mol. The van der Waals surface area contributed by atoms with E-state index in [1.807, 2.05) is 36.7 Å². The van der Waals surface area contributed by atoms with E-state index in [1.165, 1.54) is 43.9 Å². The van der Waals surface area contributed by atoms with Gasteiger partial charge in [0.2, 0.25) is 0 Å². The fourth-order valence-electron chi connectivity index (χ4n) is 1.98. The van der Waals surface area contributed by atoms with Gasteiger partial charge in [0, 0.05) is 0 Å². The Labute approximate surface area is 138 Å². The lowest BCUT2D eigenvalue weighted by Crippen LogP contribution is -2.12. The Hall–Kier alpha value is -1.67. The Morgan fingerprint density at radius 3 is 2.50 bits per heavy atom. The molecule has 120 valence electrons. The van der Waals surface area contributed by atoms with E-state index in [2.05, 4.69) is 17.2 Å². The van der Waals surface area contributed by atoms with E-state index in [-0.39, 0.29) is 0 Å². The first-order valence-electron chi connectivity index (χ1n) is 7.80. The Balaban J connectivity index is 2.31. The van der Waals surface area contributed by atoms with Gasteiger partial charge in [-0.1, -0.05) is 50.8 Å². The van der Waals surface area contributed by atoms with Gasteiger partial charge in [-0.3, -0.25) is 5.32 Å². The van der Waals surface area contributed by atoms with Gasteiger partial charge in [0.05, 0.1) is 12.3 Å². The van der Waals surface area contributed by atoms with Gasteiger partial charge in [-0.2, -0.15) is 5.26 Å². The second-order valence-corrected chi connectivity index (χ2v) is 5.76. The summed E-state index contributed by atoms with van der Waals surface area (Å²) in [6, 6.07) is 7.62. The summed E-state index contributed by atoms with van der Waals surface area (Å²) in [6.07, 6.45) is 11.3. The van der Waals surface area contributed by atoms with Gasteiger partial charge < -0.3 is 4.74 Å². The molecule has 1 N–H and O–H groups in total. The van der Waals surface area contributed by atoms with Gasteiger partial charge >= 0.3 is 0 Å². The van der Waals surface area contributed by atoms with Crippen molar-refractivity contribution in [2.45, 2.75) is 45.4 Å². The first-order chi connectivity index (χ1) is 10.8. The Morgan fingerprint density at radius 2 is 1.86 bits per heavy atom. The lowest BCUT2D eigenvalue weighted by atomic mass is 10.1. The van der Waals surface area contributed by atoms with Gasteiger partial charge in [0.25, 0.3) is 0 Å². The number of nitrogens with zero attached hydrogens (tertiary/aromatic N) is 2. The molecule has 1 rings (SSSR count). The van der Waals surface area contributed by atoms with Crippen molar-refractivity contribution in [2.75, 3.05) is 12.9 Å². The number of nitriles is 1. The third-order valence-corrected chi connectivity index (χ3v) is 3.77. The third kappa shape index (κ3) is 7.94. The molecule has 1 aromatic carbocycles. The molecule has 0 saturated heterocycles. The molecule has 4 nitrogen and oxygen atoms in total. The number of benzene rings is 1. The van der Waals surface area contributed by atoms with Gasteiger partial charge in [0.1, 0.15) is 5.75 Å². The molecular formula is C17H25N3OS. The predicted octanol–water partition coefficient (Wildman–Crippen LogP) is 4.85. The van der Waals surface area contributed by atoms with Crippen LogP contribution in [-0.2, 0) is 0 Å². The number of nitrogens with one attached hydrogen (secondary N) is 1. The molecule has 0 aliphatic rings. The highest BCUT2D eigenvalue weighted by molar-refractivity contribution is 8.13. The number of rotatable bonds is 9. The minimum absolute atomic E-state index is 0.586. The normalized spacial score (nSPS) is 11.0. The average Bonchev–Trinajstić information content (AvgIpc) is 2.55. The zero-order valence-electron chi connectivity index (χ0n) is 13.5. The summed E-state index contributed by atoms with van der Waals surface area (Å²) in [6.45, 7) is 3.00. The molecule has 0 aliphatic carbocycles. The topological polar surface area (TPSA) is 57.4 Å². The fraction of sp³-hybridized carbons (Fsp3) is 0.529. The quantitative estimate of drug-likeness (QED) is 0.232. The van der Waals surface area contributed by atoms with Crippen molar-refractivity contribution < 1.29 is 4.74 Å². The first-order valence-corrected chi connectivity index (χ1v) is 9.03. The van der Waals surface area contributed by atoms with Crippen molar-refractivity contribution in [3.8, 4) is 11.9 Å². The number of amidine groups is 1. The molecule has 0 unspecified atom stereocenters. The van der Waals surface area contributed by atoms with Crippen LogP contribution in [0.3, 0.4) is 0 Å². The zero-order chi connectivity index (χ0) is 16.0. The maximum absolute atomic E-state index is 8.60. The number of ether oxygens (including phenoxy) is 1. The molecule has 0 aliphatic heterocycles. The largest absolute Gasteiger partial charge is 0.494 e. The van der Waals surface area contributed by atoms with Crippen molar-refractivity contribution in [3.05, 3.63) is 24.3 Å². The Kier molecular flexibility index (Phi) is 9.97. The smallest absolute Gasteiger partial charge is 0.183 e. The molecule has 0 aromatic heterocycles. The Bertz CT molecular complexity index is 480. The van der Waals surface area contributed by atoms with Gasteiger partial charge in [-0.25, -0.2) is 4.99 Å². The van der Waals surface area contributed by atoms with E-state index in [0.717, 1.165) is 24.5 Å². The highest BCUT2D eigenvalue weighted by Crippen LogP contribution is 2.19. The van der Waals surface area contributed by atoms with Crippen LogP contribution in [0.25, 0.3) is 0 Å². The molecule has 0 atom stereocenters. The summed E-state index contributed by atoms with van der Waals surface area (Å²) in [4.78, 5) is 4.34. The van der Waals surface area contributed by atoms with Crippen LogP contribution in [0.4, 0.5) is 5.69 Å². The monoisotopic (exact) mass is 319 g/mol. The van der Waals surface area contributed by atoms with Crippen molar-refractivity contribution >= 4 is 22.6 Å². The molecule has 0 heterocycles. The maximum atomic E-state index is 8.60. The molecule has 0 saturated carbocycles. The molecule has 1 aromatic rings. The summed E-state index contributed by atoms with van der Waals surface area (Å²) >= 11 is 1.40. The van der Waals surface area contributed by atoms with Crippen LogP contribution in [0.1, 0.15) is 45.4 Å². The molecule has 0 bridgehead atoms. The van der Waals surface area contributed by atoms with E-state index >= 15 is 0 Å². The fourth-order valence-corrected chi connectivity index (χ4v) is 2.32. The number of aliphatic imine (C=N–C) groups is 1. The standard InChI is InChI=1S/C17H25N3OS/c1-3-4-5-6-7-8-13-21-16-11-9-15(10-12-16)20-17(22-2)19-14-18/h9-12H,3-8,13H2,1-2H3,(H,19,20). The van der Waals surface area contributed by atoms with E-state index < -0.39 is 0 Å². The zero-order valence-corrected chi connectivity index (χ0v) is 14.3. The summed E-state index contributed by atoms with van der Waals surface area (Å²) < 4.78 is 5.72. The number of unbranched alkanes of at least 4 members (excludes halogenated alkanes) is 5. The SMILES string of the molecule is CCCCCCCCOc1ccc(N=C(NC#N)SC)cc1. The highest BCUT2D eigenvalue weighted by atomic mass is 32.2. The van der Waals surface area contributed by atoms with E-state index in [1.54, 1.807) is 0 Å². The summed E-state index contributed by atoms with van der Waals surface area (Å²) in [7, 11) is 0. The van der Waals surface area contributed by atoms with Crippen LogP contribution in [-0.4, -0.2) is 18.0 Å². The van der Waals surface area contributed by atoms with E-state index in [0.29, 0.717) is 5.17 Å². The molecule has 22 heavy (non-hydrogen) atoms. The second-order valence-electron chi connectivity index (χ2n) is 4.97. The third-order valence-electron chi connectivity index (χ3n) is 3.19. The first kappa shape index (κ1) is 18.4. The van der Waals surface area contributed by atoms with E-state index in [4.69, 9.17) is 10.00 Å².